The van der Waals surface area contributed by atoms with Gasteiger partial charge in [0.1, 0.15) is 6.61 Å². The molecule has 2 amide bonds. The molecule has 0 aromatic heterocycles. The molecule has 0 spiro atoms. The zero-order valence-electron chi connectivity index (χ0n) is 19.1. The van der Waals surface area contributed by atoms with Crippen molar-refractivity contribution in [3.8, 4) is 11.1 Å². The molecule has 2 atom stereocenters. The van der Waals surface area contributed by atoms with E-state index in [9.17, 15) is 19.2 Å². The van der Waals surface area contributed by atoms with Gasteiger partial charge in [-0.3, -0.25) is 14.9 Å². The van der Waals surface area contributed by atoms with Crippen molar-refractivity contribution in [3.63, 3.8) is 0 Å². The zero-order chi connectivity index (χ0) is 24.7. The maximum Gasteiger partial charge on any atom is 0.408 e. The molecule has 0 aliphatic heterocycles. The third-order valence-electron chi connectivity index (χ3n) is 5.54. The largest absolute Gasteiger partial charge is 0.481 e. The number of ether oxygens (including phenoxy) is 2. The van der Waals surface area contributed by atoms with E-state index in [4.69, 9.17) is 14.6 Å². The zero-order valence-corrected chi connectivity index (χ0v) is 19.1. The second kappa shape index (κ2) is 11.3. The fourth-order valence-corrected chi connectivity index (χ4v) is 3.96. The van der Waals surface area contributed by atoms with Crippen LogP contribution in [0.5, 0.6) is 0 Å². The predicted octanol–water partition coefficient (Wildman–Crippen LogP) is 2.68. The van der Waals surface area contributed by atoms with Gasteiger partial charge >= 0.3 is 18.0 Å². The van der Waals surface area contributed by atoms with Gasteiger partial charge in [-0.15, -0.1) is 0 Å². The van der Waals surface area contributed by atoms with Crippen molar-refractivity contribution in [1.29, 1.82) is 0 Å². The molecule has 0 saturated carbocycles. The van der Waals surface area contributed by atoms with Crippen LogP contribution in [0.2, 0.25) is 0 Å². The molecule has 2 aromatic carbocycles. The van der Waals surface area contributed by atoms with E-state index in [2.05, 4.69) is 10.6 Å². The summed E-state index contributed by atoms with van der Waals surface area (Å²) in [5.41, 5.74) is 4.21. The van der Waals surface area contributed by atoms with Crippen molar-refractivity contribution in [1.82, 2.24) is 10.6 Å². The molecule has 9 nitrogen and oxygen atoms in total. The van der Waals surface area contributed by atoms with Gasteiger partial charge in [0, 0.05) is 18.9 Å². The molecule has 1 aliphatic carbocycles. The lowest BCUT2D eigenvalue weighted by Crippen LogP contribution is -2.53. The predicted molar refractivity (Wildman–Crippen MR) is 123 cm³/mol. The summed E-state index contributed by atoms with van der Waals surface area (Å²) in [7, 11) is 0. The van der Waals surface area contributed by atoms with Gasteiger partial charge in [-0.1, -0.05) is 55.5 Å². The maximum absolute atomic E-state index is 12.5. The highest BCUT2D eigenvalue weighted by Gasteiger charge is 2.32. The van der Waals surface area contributed by atoms with E-state index >= 15 is 0 Å². The summed E-state index contributed by atoms with van der Waals surface area (Å²) in [6, 6.07) is 14.1. The topological polar surface area (TPSA) is 131 Å². The van der Waals surface area contributed by atoms with Gasteiger partial charge < -0.3 is 19.9 Å². The molecule has 3 rings (SSSR count). The van der Waals surface area contributed by atoms with Crippen LogP contribution in [0.3, 0.4) is 0 Å². The Labute approximate surface area is 197 Å². The van der Waals surface area contributed by atoms with E-state index in [1.165, 1.54) is 0 Å². The van der Waals surface area contributed by atoms with Crippen LogP contribution in [0.1, 0.15) is 37.3 Å². The summed E-state index contributed by atoms with van der Waals surface area (Å²) in [5, 5.41) is 13.6. The van der Waals surface area contributed by atoms with Gasteiger partial charge in [0.05, 0.1) is 6.61 Å². The third-order valence-corrected chi connectivity index (χ3v) is 5.54. The Bertz CT molecular complexity index is 1020. The second-order valence-electron chi connectivity index (χ2n) is 8.10. The first-order chi connectivity index (χ1) is 16.3. The van der Waals surface area contributed by atoms with Gasteiger partial charge in [0.2, 0.25) is 6.04 Å². The number of carbonyl (C=O) groups is 4. The molecule has 0 bridgehead atoms. The van der Waals surface area contributed by atoms with Crippen LogP contribution in [0, 0.1) is 5.92 Å². The lowest BCUT2D eigenvalue weighted by molar-refractivity contribution is -0.149. The first kappa shape index (κ1) is 24.8. The quantitative estimate of drug-likeness (QED) is 0.361. The maximum atomic E-state index is 12.5. The normalized spacial score (nSPS) is 13.7. The number of benzene rings is 2. The Balaban J connectivity index is 1.64. The van der Waals surface area contributed by atoms with Gasteiger partial charge in [-0.05, 0) is 35.1 Å². The number of esters is 1. The molecule has 2 unspecified atom stereocenters. The first-order valence-electron chi connectivity index (χ1n) is 11.1. The van der Waals surface area contributed by atoms with E-state index in [0.29, 0.717) is 0 Å². The minimum absolute atomic E-state index is 0.0183. The van der Waals surface area contributed by atoms with Crippen LogP contribution >= 0.6 is 0 Å². The summed E-state index contributed by atoms with van der Waals surface area (Å²) in [4.78, 5) is 48.2. The lowest BCUT2D eigenvalue weighted by atomic mass is 9.98. The molecule has 1 aliphatic rings. The lowest BCUT2D eigenvalue weighted by Gasteiger charge is -2.19. The molecule has 34 heavy (non-hydrogen) atoms. The Hall–Kier alpha value is -3.88. The minimum Gasteiger partial charge on any atom is -0.481 e. The van der Waals surface area contributed by atoms with Crippen molar-refractivity contribution in [2.45, 2.75) is 32.2 Å². The van der Waals surface area contributed by atoms with E-state index in [1.54, 1.807) is 13.8 Å². The molecule has 9 heteroatoms. The van der Waals surface area contributed by atoms with Crippen LogP contribution in [-0.4, -0.2) is 54.8 Å². The number of aliphatic carboxylic acids is 1. The van der Waals surface area contributed by atoms with Gasteiger partial charge in [-0.25, -0.2) is 9.59 Å². The molecule has 0 heterocycles. The van der Waals surface area contributed by atoms with Gasteiger partial charge in [-0.2, -0.15) is 0 Å². The molecule has 3 N–H and O–H groups in total. The number of fused-ring (bicyclic) bond motifs is 3. The van der Waals surface area contributed by atoms with Gasteiger partial charge in [0.25, 0.3) is 5.91 Å². The van der Waals surface area contributed by atoms with E-state index < -0.39 is 30.0 Å². The Morgan fingerprint density at radius 1 is 0.971 bits per heavy atom. The van der Waals surface area contributed by atoms with Crippen molar-refractivity contribution in [2.75, 3.05) is 19.8 Å². The van der Waals surface area contributed by atoms with Gasteiger partial charge in [0.15, 0.2) is 0 Å². The minimum atomic E-state index is -1.62. The molecular weight excluding hydrogens is 440 g/mol. The Kier molecular flexibility index (Phi) is 8.24. The van der Waals surface area contributed by atoms with Crippen molar-refractivity contribution in [2.24, 2.45) is 5.92 Å². The summed E-state index contributed by atoms with van der Waals surface area (Å²) in [6.45, 7) is 3.28. The number of hydrogen-bond acceptors (Lipinski definition) is 6. The van der Waals surface area contributed by atoms with Crippen LogP contribution in [0.4, 0.5) is 4.79 Å². The highest BCUT2D eigenvalue weighted by molar-refractivity contribution is 6.04. The highest BCUT2D eigenvalue weighted by atomic mass is 16.6. The third kappa shape index (κ3) is 5.92. The molecule has 0 fully saturated rings. The highest BCUT2D eigenvalue weighted by Crippen LogP contribution is 2.44. The fourth-order valence-electron chi connectivity index (χ4n) is 3.96. The average Bonchev–Trinajstić information content (AvgIpc) is 3.13. The first-order valence-corrected chi connectivity index (χ1v) is 11.1. The average molecular weight is 469 g/mol. The molecule has 2 aromatic rings. The number of amides is 2. The summed E-state index contributed by atoms with van der Waals surface area (Å²) < 4.78 is 10.3. The summed E-state index contributed by atoms with van der Waals surface area (Å²) in [6.07, 6.45) is -1.09. The number of alkyl carbamates (subject to hydrolysis) is 1. The monoisotopic (exact) mass is 468 g/mol. The number of hydrogen-bond donors (Lipinski definition) is 3. The SMILES string of the molecule is CCOC(=O)C(NC(=O)OCC1c2ccccc2-c2ccccc21)C(=O)NCC(C)CC(=O)O. The summed E-state index contributed by atoms with van der Waals surface area (Å²) in [5.74, 6) is -3.27. The Morgan fingerprint density at radius 2 is 1.56 bits per heavy atom. The van der Waals surface area contributed by atoms with E-state index in [1.807, 2.05) is 48.5 Å². The number of carbonyl (C=O) groups excluding carboxylic acids is 3. The second-order valence-corrected chi connectivity index (χ2v) is 8.10. The standard InChI is InChI=1S/C25H28N2O7/c1-3-33-24(31)22(23(30)26-13-15(2)12-21(28)29)27-25(32)34-14-20-18-10-6-4-8-16(18)17-9-5-7-11-19(17)20/h4-11,15,20,22H,3,12-14H2,1-2H3,(H,26,30)(H,27,32)(H,28,29). The number of rotatable bonds is 10. The van der Waals surface area contributed by atoms with Crippen LogP contribution in [0.25, 0.3) is 11.1 Å². The Morgan fingerprint density at radius 3 is 2.12 bits per heavy atom. The smallest absolute Gasteiger partial charge is 0.408 e. The van der Waals surface area contributed by atoms with Crippen LogP contribution in [0.15, 0.2) is 48.5 Å². The van der Waals surface area contributed by atoms with Crippen molar-refractivity contribution in [3.05, 3.63) is 59.7 Å². The number of carboxylic acids is 1. The van der Waals surface area contributed by atoms with Crippen molar-refractivity contribution >= 4 is 23.9 Å². The molecule has 180 valence electrons. The van der Waals surface area contributed by atoms with Crippen LogP contribution < -0.4 is 10.6 Å². The number of carboxylic acid groups (broad SMARTS) is 1. The molecule has 0 radical (unpaired) electrons. The number of nitrogens with one attached hydrogen (secondary N) is 2. The van der Waals surface area contributed by atoms with E-state index in [-0.39, 0.29) is 38.0 Å². The van der Waals surface area contributed by atoms with Crippen molar-refractivity contribution < 1.29 is 33.8 Å². The summed E-state index contributed by atoms with van der Waals surface area (Å²) >= 11 is 0. The molecular formula is C25H28N2O7. The van der Waals surface area contributed by atoms with E-state index in [0.717, 1.165) is 22.3 Å². The van der Waals surface area contributed by atoms with Crippen LogP contribution in [-0.2, 0) is 23.9 Å². The molecule has 0 saturated heterocycles. The fraction of sp³-hybridized carbons (Fsp3) is 0.360.